The molecule has 1 heterocycles. The molecule has 1 N–H and O–H groups in total. The second-order valence-corrected chi connectivity index (χ2v) is 5.37. The lowest BCUT2D eigenvalue weighted by Gasteiger charge is -2.00. The lowest BCUT2D eigenvalue weighted by molar-refractivity contribution is -0.114. The topological polar surface area (TPSA) is 46.2 Å². The number of ketones is 1. The number of fused-ring (bicyclic) bond motifs is 3. The molecule has 0 saturated carbocycles. The van der Waals surface area contributed by atoms with Gasteiger partial charge in [0.2, 0.25) is 5.91 Å². The van der Waals surface area contributed by atoms with Gasteiger partial charge in [0.25, 0.3) is 0 Å². The number of thiophene rings is 1. The van der Waals surface area contributed by atoms with Crippen molar-refractivity contribution < 1.29 is 9.59 Å². The van der Waals surface area contributed by atoms with Crippen LogP contribution >= 0.6 is 22.9 Å². The molecule has 2 aromatic rings. The average molecular weight is 278 g/mol. The zero-order chi connectivity index (χ0) is 12.9. The molecule has 3 nitrogen and oxygen atoms in total. The van der Waals surface area contributed by atoms with Crippen LogP contribution in [-0.2, 0) is 4.79 Å². The molecule has 1 aromatic heterocycles. The molecule has 5 heteroatoms. The van der Waals surface area contributed by atoms with Gasteiger partial charge in [-0.25, -0.2) is 0 Å². The fourth-order valence-electron chi connectivity index (χ4n) is 2.11. The number of halogens is 1. The number of hydrogen-bond acceptors (Lipinski definition) is 3. The predicted molar refractivity (Wildman–Crippen MR) is 72.5 cm³/mol. The lowest BCUT2D eigenvalue weighted by atomic mass is 10.1. The maximum absolute atomic E-state index is 12.3. The van der Waals surface area contributed by atoms with Gasteiger partial charge in [0.05, 0.1) is 5.56 Å². The number of amides is 1. The largest absolute Gasteiger partial charge is 0.317 e. The average Bonchev–Trinajstić information content (AvgIpc) is 2.81. The van der Waals surface area contributed by atoms with Gasteiger partial charge in [-0.3, -0.25) is 9.59 Å². The van der Waals surface area contributed by atoms with Gasteiger partial charge in [0, 0.05) is 28.5 Å². The third kappa shape index (κ3) is 1.57. The van der Waals surface area contributed by atoms with Crippen molar-refractivity contribution >= 4 is 39.6 Å². The molecular weight excluding hydrogens is 270 g/mol. The number of carbonyl (C=O) groups is 2. The SMILES string of the molecule is CC(=O)Nc1scc2c1C(=O)c1ccc(Cl)cc1-2. The minimum absolute atomic E-state index is 0.0540. The summed E-state index contributed by atoms with van der Waals surface area (Å²) in [4.78, 5) is 23.4. The van der Waals surface area contributed by atoms with Crippen molar-refractivity contribution in [2.75, 3.05) is 5.32 Å². The van der Waals surface area contributed by atoms with Gasteiger partial charge in [-0.05, 0) is 23.8 Å². The van der Waals surface area contributed by atoms with Gasteiger partial charge in [-0.2, -0.15) is 0 Å². The Morgan fingerprint density at radius 2 is 2.06 bits per heavy atom. The van der Waals surface area contributed by atoms with E-state index in [9.17, 15) is 9.59 Å². The normalized spacial score (nSPS) is 12.2. The van der Waals surface area contributed by atoms with Crippen molar-refractivity contribution in [3.63, 3.8) is 0 Å². The monoisotopic (exact) mass is 277 g/mol. The third-order valence-corrected chi connectivity index (χ3v) is 3.95. The van der Waals surface area contributed by atoms with Crippen LogP contribution in [0.15, 0.2) is 23.6 Å². The molecule has 0 atom stereocenters. The predicted octanol–water partition coefficient (Wildman–Crippen LogP) is 3.57. The minimum Gasteiger partial charge on any atom is -0.317 e. The molecule has 90 valence electrons. The highest BCUT2D eigenvalue weighted by Crippen LogP contribution is 2.44. The Bertz CT molecular complexity index is 690. The molecule has 0 fully saturated rings. The van der Waals surface area contributed by atoms with Crippen LogP contribution < -0.4 is 5.32 Å². The van der Waals surface area contributed by atoms with E-state index in [1.165, 1.54) is 18.3 Å². The van der Waals surface area contributed by atoms with Gasteiger partial charge >= 0.3 is 0 Å². The first kappa shape index (κ1) is 11.4. The number of rotatable bonds is 1. The van der Waals surface area contributed by atoms with Crippen molar-refractivity contribution in [3.8, 4) is 11.1 Å². The van der Waals surface area contributed by atoms with Crippen LogP contribution in [0.1, 0.15) is 22.8 Å². The molecule has 0 saturated heterocycles. The molecule has 0 spiro atoms. The first-order chi connectivity index (χ1) is 8.58. The van der Waals surface area contributed by atoms with E-state index in [0.29, 0.717) is 21.2 Å². The summed E-state index contributed by atoms with van der Waals surface area (Å²) in [6.45, 7) is 1.43. The third-order valence-electron chi connectivity index (χ3n) is 2.82. The summed E-state index contributed by atoms with van der Waals surface area (Å²) in [7, 11) is 0. The van der Waals surface area contributed by atoms with E-state index in [1.54, 1.807) is 18.2 Å². The summed E-state index contributed by atoms with van der Waals surface area (Å²) in [5.74, 6) is -0.233. The summed E-state index contributed by atoms with van der Waals surface area (Å²) in [5.41, 5.74) is 2.91. The summed E-state index contributed by atoms with van der Waals surface area (Å²) in [6.07, 6.45) is 0. The van der Waals surface area contributed by atoms with Gasteiger partial charge in [-0.15, -0.1) is 11.3 Å². The molecule has 3 rings (SSSR count). The van der Waals surface area contributed by atoms with Crippen LogP contribution in [0.2, 0.25) is 5.02 Å². The maximum Gasteiger partial charge on any atom is 0.221 e. The number of carbonyl (C=O) groups excluding carboxylic acids is 2. The van der Waals surface area contributed by atoms with Crippen LogP contribution in [0, 0.1) is 0 Å². The highest BCUT2D eigenvalue weighted by molar-refractivity contribution is 7.15. The molecule has 0 unspecified atom stereocenters. The minimum atomic E-state index is -0.179. The lowest BCUT2D eigenvalue weighted by Crippen LogP contribution is -2.07. The molecule has 0 aliphatic heterocycles. The Kier molecular flexibility index (Phi) is 2.50. The Hall–Kier alpha value is -1.65. The van der Waals surface area contributed by atoms with Crippen LogP contribution in [0.5, 0.6) is 0 Å². The van der Waals surface area contributed by atoms with E-state index in [2.05, 4.69) is 5.32 Å². The Morgan fingerprint density at radius 3 is 2.78 bits per heavy atom. The second-order valence-electron chi connectivity index (χ2n) is 4.05. The van der Waals surface area contributed by atoms with Crippen molar-refractivity contribution in [3.05, 3.63) is 39.7 Å². The van der Waals surface area contributed by atoms with Gasteiger partial charge in [0.1, 0.15) is 5.00 Å². The molecule has 1 amide bonds. The van der Waals surface area contributed by atoms with E-state index in [0.717, 1.165) is 11.1 Å². The molecule has 1 aliphatic rings. The van der Waals surface area contributed by atoms with E-state index < -0.39 is 0 Å². The molecule has 0 radical (unpaired) electrons. The summed E-state index contributed by atoms with van der Waals surface area (Å²) < 4.78 is 0. The van der Waals surface area contributed by atoms with Gasteiger partial charge in [-0.1, -0.05) is 11.6 Å². The van der Waals surface area contributed by atoms with Gasteiger partial charge in [0.15, 0.2) is 5.78 Å². The maximum atomic E-state index is 12.3. The second kappa shape index (κ2) is 3.93. The van der Waals surface area contributed by atoms with Crippen LogP contribution in [0.4, 0.5) is 5.00 Å². The van der Waals surface area contributed by atoms with Crippen molar-refractivity contribution in [1.29, 1.82) is 0 Å². The summed E-state index contributed by atoms with van der Waals surface area (Å²) >= 11 is 7.31. The first-order valence-corrected chi connectivity index (χ1v) is 6.57. The van der Waals surface area contributed by atoms with Gasteiger partial charge < -0.3 is 5.32 Å². The number of anilines is 1. The van der Waals surface area contributed by atoms with Crippen molar-refractivity contribution in [2.24, 2.45) is 0 Å². The molecule has 1 aliphatic carbocycles. The smallest absolute Gasteiger partial charge is 0.221 e. The van der Waals surface area contributed by atoms with Crippen molar-refractivity contribution in [2.45, 2.75) is 6.92 Å². The van der Waals surface area contributed by atoms with Crippen LogP contribution in [-0.4, -0.2) is 11.7 Å². The van der Waals surface area contributed by atoms with Crippen LogP contribution in [0.25, 0.3) is 11.1 Å². The standard InChI is InChI=1S/C13H8ClNO2S/c1-6(16)15-13-11-10(5-18-13)9-4-7(14)2-3-8(9)12(11)17/h2-5H,1H3,(H,15,16). The quantitative estimate of drug-likeness (QED) is 0.739. The number of nitrogens with one attached hydrogen (secondary N) is 1. The van der Waals surface area contributed by atoms with E-state index in [1.807, 2.05) is 5.38 Å². The Labute approximate surface area is 112 Å². The molecule has 1 aromatic carbocycles. The summed E-state index contributed by atoms with van der Waals surface area (Å²) in [6, 6.07) is 5.21. The number of hydrogen-bond donors (Lipinski definition) is 1. The molecule has 18 heavy (non-hydrogen) atoms. The zero-order valence-electron chi connectivity index (χ0n) is 9.41. The van der Waals surface area contributed by atoms with Crippen LogP contribution in [0.3, 0.4) is 0 Å². The first-order valence-electron chi connectivity index (χ1n) is 5.31. The summed E-state index contributed by atoms with van der Waals surface area (Å²) in [5, 5.41) is 5.77. The molecular formula is C13H8ClNO2S. The van der Waals surface area contributed by atoms with Crippen molar-refractivity contribution in [1.82, 2.24) is 0 Å². The highest BCUT2D eigenvalue weighted by atomic mass is 35.5. The Balaban J connectivity index is 2.19. The van der Waals surface area contributed by atoms with E-state index >= 15 is 0 Å². The zero-order valence-corrected chi connectivity index (χ0v) is 11.0. The fraction of sp³-hybridized carbons (Fsp3) is 0.0769. The number of benzene rings is 1. The van der Waals surface area contributed by atoms with E-state index in [4.69, 9.17) is 11.6 Å². The molecule has 0 bridgehead atoms. The van der Waals surface area contributed by atoms with E-state index in [-0.39, 0.29) is 11.7 Å². The fourth-order valence-corrected chi connectivity index (χ4v) is 3.28. The Morgan fingerprint density at radius 1 is 1.28 bits per heavy atom. The highest BCUT2D eigenvalue weighted by Gasteiger charge is 2.31.